The summed E-state index contributed by atoms with van der Waals surface area (Å²) in [6.45, 7) is 4.85. The van der Waals surface area contributed by atoms with Gasteiger partial charge in [0.05, 0.1) is 22.2 Å². The lowest BCUT2D eigenvalue weighted by atomic mass is 10.1. The van der Waals surface area contributed by atoms with Gasteiger partial charge in [0.2, 0.25) is 5.91 Å². The first kappa shape index (κ1) is 26.0. The maximum Gasteiger partial charge on any atom is 0.412 e. The van der Waals surface area contributed by atoms with E-state index in [0.717, 1.165) is 12.1 Å². The zero-order chi connectivity index (χ0) is 25.4. The van der Waals surface area contributed by atoms with Gasteiger partial charge in [-0.25, -0.2) is 13.6 Å². The molecule has 182 valence electrons. The zero-order valence-electron chi connectivity index (χ0n) is 18.2. The molecule has 2 aromatic rings. The number of rotatable bonds is 5. The first-order valence-electron chi connectivity index (χ1n) is 9.95. The van der Waals surface area contributed by atoms with E-state index >= 15 is 0 Å². The molecular weight excluding hydrogens is 515 g/mol. The minimum absolute atomic E-state index is 0.0326. The molecule has 1 aliphatic rings. The van der Waals surface area contributed by atoms with Gasteiger partial charge in [-0.3, -0.25) is 14.9 Å². The van der Waals surface area contributed by atoms with Crippen LogP contribution in [0.4, 0.5) is 30.6 Å². The molecule has 0 heterocycles. The van der Waals surface area contributed by atoms with Crippen LogP contribution in [0.2, 0.25) is 5.02 Å². The topological polar surface area (TPSA) is 96.5 Å². The first-order chi connectivity index (χ1) is 15.7. The van der Waals surface area contributed by atoms with Crippen molar-refractivity contribution in [2.24, 2.45) is 5.92 Å². The largest absolute Gasteiger partial charge is 0.444 e. The molecule has 34 heavy (non-hydrogen) atoms. The summed E-state index contributed by atoms with van der Waals surface area (Å²) in [5.41, 5.74) is -2.02. The summed E-state index contributed by atoms with van der Waals surface area (Å²) in [6.07, 6.45) is -0.676. The summed E-state index contributed by atoms with van der Waals surface area (Å²) in [5, 5.41) is 6.80. The number of hydrogen-bond acceptors (Lipinski definition) is 4. The third kappa shape index (κ3) is 6.28. The van der Waals surface area contributed by atoms with Crippen molar-refractivity contribution in [2.45, 2.75) is 37.1 Å². The third-order valence-electron chi connectivity index (χ3n) is 4.59. The Bertz CT molecular complexity index is 1170. The number of benzene rings is 2. The Hall–Kier alpha value is -2.62. The summed E-state index contributed by atoms with van der Waals surface area (Å²) in [5.74, 6) is -4.32. The van der Waals surface area contributed by atoms with Gasteiger partial charge in [0, 0.05) is 5.69 Å². The molecule has 0 radical (unpaired) electrons. The van der Waals surface area contributed by atoms with Crippen molar-refractivity contribution in [3.05, 3.63) is 52.6 Å². The maximum atomic E-state index is 14.9. The number of carbonyl (C=O) groups excluding carboxylic acids is 3. The van der Waals surface area contributed by atoms with Gasteiger partial charge in [-0.15, -0.1) is 23.2 Å². The molecule has 12 heteroatoms. The second kappa shape index (κ2) is 9.56. The first-order valence-corrected chi connectivity index (χ1v) is 11.1. The monoisotopic (exact) mass is 533 g/mol. The summed E-state index contributed by atoms with van der Waals surface area (Å²) >= 11 is 17.8. The van der Waals surface area contributed by atoms with Crippen LogP contribution in [0.3, 0.4) is 0 Å². The number of ether oxygens (including phenoxy) is 1. The molecule has 0 saturated heterocycles. The van der Waals surface area contributed by atoms with Gasteiger partial charge in [-0.1, -0.05) is 11.6 Å². The fraction of sp³-hybridized carbons (Fsp3) is 0.318. The number of nitrogens with one attached hydrogen (secondary N) is 3. The second-order valence-corrected chi connectivity index (χ2v) is 10.5. The van der Waals surface area contributed by atoms with Crippen LogP contribution in [0.1, 0.15) is 37.6 Å². The molecule has 3 amide bonds. The Morgan fingerprint density at radius 3 is 2.29 bits per heavy atom. The molecule has 1 fully saturated rings. The normalized spacial score (nSPS) is 16.4. The minimum Gasteiger partial charge on any atom is -0.444 e. The van der Waals surface area contributed by atoms with Gasteiger partial charge in [0.25, 0.3) is 5.91 Å². The lowest BCUT2D eigenvalue weighted by molar-refractivity contribution is -0.117. The van der Waals surface area contributed by atoms with Crippen LogP contribution in [-0.4, -0.2) is 27.8 Å². The van der Waals surface area contributed by atoms with Gasteiger partial charge in [-0.05, 0) is 57.5 Å². The number of amides is 3. The van der Waals surface area contributed by atoms with Crippen molar-refractivity contribution in [3.8, 4) is 0 Å². The van der Waals surface area contributed by atoms with E-state index in [9.17, 15) is 23.2 Å². The Kier molecular flexibility index (Phi) is 7.31. The Morgan fingerprint density at radius 1 is 1.06 bits per heavy atom. The van der Waals surface area contributed by atoms with Crippen LogP contribution >= 0.6 is 34.8 Å². The fourth-order valence-corrected chi connectivity index (χ4v) is 3.57. The fourth-order valence-electron chi connectivity index (χ4n) is 2.86. The predicted molar refractivity (Wildman–Crippen MR) is 127 cm³/mol. The van der Waals surface area contributed by atoms with Crippen molar-refractivity contribution in [2.75, 3.05) is 16.0 Å². The van der Waals surface area contributed by atoms with Crippen molar-refractivity contribution in [3.63, 3.8) is 0 Å². The van der Waals surface area contributed by atoms with E-state index in [4.69, 9.17) is 39.5 Å². The highest BCUT2D eigenvalue weighted by Crippen LogP contribution is 2.53. The van der Waals surface area contributed by atoms with E-state index < -0.39 is 56.8 Å². The van der Waals surface area contributed by atoms with Crippen LogP contribution in [0.25, 0.3) is 0 Å². The van der Waals surface area contributed by atoms with E-state index in [1.807, 2.05) is 0 Å². The van der Waals surface area contributed by atoms with Gasteiger partial charge >= 0.3 is 6.09 Å². The molecular formula is C22H20Cl3F2N3O4. The molecule has 2 aromatic carbocycles. The van der Waals surface area contributed by atoms with Crippen molar-refractivity contribution >= 4 is 69.8 Å². The van der Waals surface area contributed by atoms with Crippen LogP contribution in [-0.2, 0) is 9.53 Å². The van der Waals surface area contributed by atoms with Crippen LogP contribution in [0, 0.1) is 17.6 Å². The third-order valence-corrected chi connectivity index (χ3v) is 5.75. The summed E-state index contributed by atoms with van der Waals surface area (Å²) in [4.78, 5) is 36.9. The summed E-state index contributed by atoms with van der Waals surface area (Å²) < 4.78 is 33.1. The van der Waals surface area contributed by atoms with E-state index in [-0.39, 0.29) is 22.7 Å². The van der Waals surface area contributed by atoms with Crippen molar-refractivity contribution < 1.29 is 27.9 Å². The molecule has 3 N–H and O–H groups in total. The highest BCUT2D eigenvalue weighted by Gasteiger charge is 2.56. The predicted octanol–water partition coefficient (Wildman–Crippen LogP) is 6.35. The Labute approximate surface area is 209 Å². The molecule has 0 aliphatic heterocycles. The maximum absolute atomic E-state index is 14.9. The van der Waals surface area contributed by atoms with E-state index in [1.165, 1.54) is 18.2 Å². The highest BCUT2D eigenvalue weighted by molar-refractivity contribution is 6.52. The molecule has 1 atom stereocenters. The van der Waals surface area contributed by atoms with E-state index in [2.05, 4.69) is 16.0 Å². The highest BCUT2D eigenvalue weighted by atomic mass is 35.5. The Balaban J connectivity index is 1.78. The number of carbonyl (C=O) groups is 3. The minimum atomic E-state index is -1.23. The molecule has 3 rings (SSSR count). The zero-order valence-corrected chi connectivity index (χ0v) is 20.5. The van der Waals surface area contributed by atoms with Gasteiger partial charge in [0.1, 0.15) is 21.4 Å². The van der Waals surface area contributed by atoms with Gasteiger partial charge < -0.3 is 15.4 Å². The second-order valence-electron chi connectivity index (χ2n) is 8.57. The average molecular weight is 535 g/mol. The number of hydrogen-bond donors (Lipinski definition) is 3. The number of alkyl halides is 2. The molecule has 0 bridgehead atoms. The lowest BCUT2D eigenvalue weighted by Gasteiger charge is -2.20. The van der Waals surface area contributed by atoms with Crippen LogP contribution in [0.15, 0.2) is 30.3 Å². The molecule has 1 aliphatic carbocycles. The van der Waals surface area contributed by atoms with Gasteiger partial charge in [0.15, 0.2) is 5.82 Å². The van der Waals surface area contributed by atoms with Crippen LogP contribution < -0.4 is 16.0 Å². The number of anilines is 3. The molecule has 0 unspecified atom stereocenters. The summed E-state index contributed by atoms with van der Waals surface area (Å²) in [7, 11) is 0. The molecule has 1 saturated carbocycles. The molecule has 7 nitrogen and oxygen atoms in total. The number of halogens is 5. The SMILES string of the molecule is CC(C)(C)OC(=O)Nc1ccc(F)c(NC(=O)c2cc(NC(=O)[C@H]3CC3(Cl)Cl)ccc2Cl)c1F. The van der Waals surface area contributed by atoms with E-state index in [0.29, 0.717) is 0 Å². The van der Waals surface area contributed by atoms with Crippen LogP contribution in [0.5, 0.6) is 0 Å². The standard InChI is InChI=1S/C22H20Cl3F2N3O4/c1-21(2,3)34-20(33)29-15-7-6-14(26)17(16(15)27)30-18(31)11-8-10(4-5-13(11)23)28-19(32)12-9-22(12,24)25/h4-8,12H,9H2,1-3H3,(H,28,32)(H,29,33)(H,30,31)/t12-/m1/s1. The van der Waals surface area contributed by atoms with Gasteiger partial charge in [-0.2, -0.15) is 0 Å². The smallest absolute Gasteiger partial charge is 0.412 e. The summed E-state index contributed by atoms with van der Waals surface area (Å²) in [6, 6.07) is 5.86. The Morgan fingerprint density at radius 2 is 1.71 bits per heavy atom. The van der Waals surface area contributed by atoms with Crippen molar-refractivity contribution in [1.29, 1.82) is 0 Å². The van der Waals surface area contributed by atoms with Crippen molar-refractivity contribution in [1.82, 2.24) is 0 Å². The average Bonchev–Trinajstić information content (AvgIpc) is 3.35. The molecule has 0 spiro atoms. The van der Waals surface area contributed by atoms with E-state index in [1.54, 1.807) is 20.8 Å². The molecule has 0 aromatic heterocycles. The quantitative estimate of drug-likeness (QED) is 0.390. The lowest BCUT2D eigenvalue weighted by Crippen LogP contribution is -2.27.